The minimum Gasteiger partial charge on any atom is -0.493 e. The van der Waals surface area contributed by atoms with Crippen LogP contribution in [0.1, 0.15) is 56.6 Å². The highest BCUT2D eigenvalue weighted by Crippen LogP contribution is 2.38. The lowest BCUT2D eigenvalue weighted by Crippen LogP contribution is -2.09. The third kappa shape index (κ3) is 4.36. The number of hydrogen-bond donors (Lipinski definition) is 1. The van der Waals surface area contributed by atoms with Crippen molar-refractivity contribution in [2.45, 2.75) is 51.0 Å². The molecule has 0 amide bonds. The predicted molar refractivity (Wildman–Crippen MR) is 88.0 cm³/mol. The molecule has 4 heteroatoms. The van der Waals surface area contributed by atoms with Gasteiger partial charge in [0.25, 0.3) is 0 Å². The number of methoxy groups -OCH3 is 2. The van der Waals surface area contributed by atoms with Crippen LogP contribution in [0, 0.1) is 5.92 Å². The number of halogens is 1. The minimum absolute atomic E-state index is 0.457. The van der Waals surface area contributed by atoms with Gasteiger partial charge in [-0.25, -0.2) is 0 Å². The number of rotatable bonds is 6. The lowest BCUT2D eigenvalue weighted by molar-refractivity contribution is 0.150. The minimum atomic E-state index is -0.457. The monoisotopic (exact) mass is 356 g/mol. The molecule has 0 heterocycles. The van der Waals surface area contributed by atoms with Crippen molar-refractivity contribution < 1.29 is 14.6 Å². The lowest BCUT2D eigenvalue weighted by atomic mass is 9.85. The molecule has 1 unspecified atom stereocenters. The van der Waals surface area contributed by atoms with Crippen molar-refractivity contribution in [3.8, 4) is 11.5 Å². The van der Waals surface area contributed by atoms with Gasteiger partial charge in [-0.15, -0.1) is 0 Å². The Morgan fingerprint density at radius 2 is 1.76 bits per heavy atom. The van der Waals surface area contributed by atoms with Crippen molar-refractivity contribution in [1.29, 1.82) is 0 Å². The van der Waals surface area contributed by atoms with Crippen LogP contribution in [0.5, 0.6) is 11.5 Å². The quantitative estimate of drug-likeness (QED) is 0.790. The first-order chi connectivity index (χ1) is 10.2. The smallest absolute Gasteiger partial charge is 0.161 e. The number of ether oxygens (including phenoxy) is 2. The van der Waals surface area contributed by atoms with Crippen molar-refractivity contribution in [2.75, 3.05) is 14.2 Å². The average molecular weight is 357 g/mol. The number of aliphatic hydroxyl groups excluding tert-OH is 1. The fraction of sp³-hybridized carbons (Fsp3) is 0.647. The molecule has 2 rings (SSSR count). The summed E-state index contributed by atoms with van der Waals surface area (Å²) >= 11 is 3.52. The van der Waals surface area contributed by atoms with Crippen molar-refractivity contribution >= 4 is 15.9 Å². The lowest BCUT2D eigenvalue weighted by Gasteiger charge is -2.23. The third-order valence-electron chi connectivity index (χ3n) is 4.43. The van der Waals surface area contributed by atoms with E-state index in [0.717, 1.165) is 28.8 Å². The zero-order chi connectivity index (χ0) is 15.2. The highest BCUT2D eigenvalue weighted by atomic mass is 79.9. The van der Waals surface area contributed by atoms with Gasteiger partial charge in [-0.05, 0) is 36.5 Å². The van der Waals surface area contributed by atoms with Gasteiger partial charge < -0.3 is 14.6 Å². The second kappa shape index (κ2) is 8.04. The second-order valence-electron chi connectivity index (χ2n) is 5.83. The summed E-state index contributed by atoms with van der Waals surface area (Å²) in [6, 6.07) is 3.73. The largest absolute Gasteiger partial charge is 0.493 e. The number of aliphatic hydroxyl groups is 1. The Morgan fingerprint density at radius 3 is 2.38 bits per heavy atom. The average Bonchev–Trinajstić information content (AvgIpc) is 2.53. The van der Waals surface area contributed by atoms with Gasteiger partial charge in [-0.1, -0.05) is 48.0 Å². The highest BCUT2D eigenvalue weighted by molar-refractivity contribution is 9.10. The van der Waals surface area contributed by atoms with Crippen LogP contribution < -0.4 is 9.47 Å². The van der Waals surface area contributed by atoms with Crippen LogP contribution in [0.4, 0.5) is 0 Å². The zero-order valence-electron chi connectivity index (χ0n) is 12.9. The molecule has 1 aliphatic carbocycles. The molecule has 0 spiro atoms. The van der Waals surface area contributed by atoms with E-state index < -0.39 is 6.10 Å². The Hall–Kier alpha value is -0.740. The Balaban J connectivity index is 2.02. The Labute approximate surface area is 135 Å². The van der Waals surface area contributed by atoms with E-state index in [2.05, 4.69) is 15.9 Å². The summed E-state index contributed by atoms with van der Waals surface area (Å²) in [6.07, 6.45) is 8.16. The molecule has 3 nitrogen and oxygen atoms in total. The Morgan fingerprint density at radius 1 is 1.14 bits per heavy atom. The van der Waals surface area contributed by atoms with E-state index in [0.29, 0.717) is 11.5 Å². The summed E-state index contributed by atoms with van der Waals surface area (Å²) in [6.45, 7) is 0. The first-order valence-corrected chi connectivity index (χ1v) is 8.54. The van der Waals surface area contributed by atoms with Gasteiger partial charge in [-0.2, -0.15) is 0 Å². The molecule has 0 radical (unpaired) electrons. The molecule has 0 aliphatic heterocycles. The summed E-state index contributed by atoms with van der Waals surface area (Å²) in [5.41, 5.74) is 0.878. The van der Waals surface area contributed by atoms with Gasteiger partial charge >= 0.3 is 0 Å². The van der Waals surface area contributed by atoms with Crippen LogP contribution in [0.2, 0.25) is 0 Å². The Bertz CT molecular complexity index is 456. The van der Waals surface area contributed by atoms with Gasteiger partial charge in [0.15, 0.2) is 11.5 Å². The predicted octanol–water partition coefficient (Wildman–Crippen LogP) is 4.86. The topological polar surface area (TPSA) is 38.7 Å². The molecule has 1 saturated carbocycles. The standard InChI is InChI=1S/C17H25BrO3/c1-20-16-10-13(14(18)11-17(16)21-2)15(19)9-8-12-6-4-3-5-7-12/h10-12,15,19H,3-9H2,1-2H3. The molecule has 1 aromatic rings. The number of benzene rings is 1. The summed E-state index contributed by atoms with van der Waals surface area (Å²) in [5.74, 6) is 2.12. The maximum atomic E-state index is 10.5. The summed E-state index contributed by atoms with van der Waals surface area (Å²) in [5, 5.41) is 10.5. The molecule has 1 N–H and O–H groups in total. The normalized spacial score (nSPS) is 17.5. The molecule has 118 valence electrons. The molecule has 1 atom stereocenters. The van der Waals surface area contributed by atoms with Gasteiger partial charge in [0.05, 0.1) is 20.3 Å². The second-order valence-corrected chi connectivity index (χ2v) is 6.68. The van der Waals surface area contributed by atoms with Crippen molar-refractivity contribution in [1.82, 2.24) is 0 Å². The van der Waals surface area contributed by atoms with Crippen LogP contribution in [0.25, 0.3) is 0 Å². The molecule has 1 aliphatic rings. The van der Waals surface area contributed by atoms with Crippen LogP contribution in [-0.4, -0.2) is 19.3 Å². The SMILES string of the molecule is COc1cc(Br)c(C(O)CCC2CCCCC2)cc1OC. The van der Waals surface area contributed by atoms with Crippen molar-refractivity contribution in [2.24, 2.45) is 5.92 Å². The maximum absolute atomic E-state index is 10.5. The molecule has 0 saturated heterocycles. The van der Waals surface area contributed by atoms with Gasteiger partial charge in [0.1, 0.15) is 0 Å². The van der Waals surface area contributed by atoms with E-state index >= 15 is 0 Å². The van der Waals surface area contributed by atoms with Crippen molar-refractivity contribution in [3.63, 3.8) is 0 Å². The number of hydrogen-bond acceptors (Lipinski definition) is 3. The van der Waals surface area contributed by atoms with Crippen LogP contribution in [-0.2, 0) is 0 Å². The summed E-state index contributed by atoms with van der Waals surface area (Å²) in [7, 11) is 3.23. The molecule has 0 aromatic heterocycles. The van der Waals surface area contributed by atoms with E-state index in [1.165, 1.54) is 32.1 Å². The van der Waals surface area contributed by atoms with E-state index in [4.69, 9.17) is 9.47 Å². The molecular weight excluding hydrogens is 332 g/mol. The van der Waals surface area contributed by atoms with Gasteiger partial charge in [0.2, 0.25) is 0 Å². The molecular formula is C17H25BrO3. The van der Waals surface area contributed by atoms with E-state index in [1.807, 2.05) is 12.1 Å². The summed E-state index contributed by atoms with van der Waals surface area (Å²) < 4.78 is 11.5. The van der Waals surface area contributed by atoms with Crippen molar-refractivity contribution in [3.05, 3.63) is 22.2 Å². The fourth-order valence-corrected chi connectivity index (χ4v) is 3.74. The zero-order valence-corrected chi connectivity index (χ0v) is 14.5. The van der Waals surface area contributed by atoms with Crippen LogP contribution in [0.15, 0.2) is 16.6 Å². The van der Waals surface area contributed by atoms with Crippen LogP contribution >= 0.6 is 15.9 Å². The maximum Gasteiger partial charge on any atom is 0.161 e. The third-order valence-corrected chi connectivity index (χ3v) is 5.12. The Kier molecular flexibility index (Phi) is 6.37. The fourth-order valence-electron chi connectivity index (χ4n) is 3.15. The van der Waals surface area contributed by atoms with Gasteiger partial charge in [-0.3, -0.25) is 0 Å². The van der Waals surface area contributed by atoms with E-state index in [-0.39, 0.29) is 0 Å². The first kappa shape index (κ1) is 16.6. The molecule has 21 heavy (non-hydrogen) atoms. The molecule has 1 aromatic carbocycles. The summed E-state index contributed by atoms with van der Waals surface area (Å²) in [4.78, 5) is 0. The van der Waals surface area contributed by atoms with Gasteiger partial charge in [0, 0.05) is 4.47 Å². The van der Waals surface area contributed by atoms with Crippen LogP contribution in [0.3, 0.4) is 0 Å². The van der Waals surface area contributed by atoms with E-state index in [9.17, 15) is 5.11 Å². The molecule has 0 bridgehead atoms. The van der Waals surface area contributed by atoms with E-state index in [1.54, 1.807) is 14.2 Å². The first-order valence-electron chi connectivity index (χ1n) is 7.75. The molecule has 1 fully saturated rings. The highest BCUT2D eigenvalue weighted by Gasteiger charge is 2.19.